The summed E-state index contributed by atoms with van der Waals surface area (Å²) in [7, 11) is -2.87. The fraction of sp³-hybridized carbons (Fsp3) is 0.350. The van der Waals surface area contributed by atoms with Crippen LogP contribution in [0.1, 0.15) is 21.5 Å². The second-order valence-electron chi connectivity index (χ2n) is 6.75. The molecule has 1 aliphatic rings. The minimum absolute atomic E-state index is 0.102. The van der Waals surface area contributed by atoms with E-state index in [9.17, 15) is 13.2 Å². The molecule has 7 heteroatoms. The molecular weight excluding hydrogens is 364 g/mol. The predicted molar refractivity (Wildman–Crippen MR) is 106 cm³/mol. The summed E-state index contributed by atoms with van der Waals surface area (Å²) in [5.41, 5.74) is 3.35. The molecule has 0 aliphatic carbocycles. The van der Waals surface area contributed by atoms with Gasteiger partial charge in [-0.3, -0.25) is 9.69 Å². The Morgan fingerprint density at radius 1 is 0.963 bits per heavy atom. The zero-order valence-corrected chi connectivity index (χ0v) is 15.9. The lowest BCUT2D eigenvalue weighted by molar-refractivity contribution is 0.102. The summed E-state index contributed by atoms with van der Waals surface area (Å²) >= 11 is 0. The van der Waals surface area contributed by atoms with Gasteiger partial charge >= 0.3 is 0 Å². The number of benzene rings is 2. The number of rotatable bonds is 6. The molecule has 27 heavy (non-hydrogen) atoms. The van der Waals surface area contributed by atoms with Crippen molar-refractivity contribution < 1.29 is 18.3 Å². The minimum Gasteiger partial charge on any atom is -0.396 e. The van der Waals surface area contributed by atoms with E-state index in [1.807, 2.05) is 36.4 Å². The Morgan fingerprint density at radius 2 is 1.56 bits per heavy atom. The van der Waals surface area contributed by atoms with Crippen LogP contribution in [0, 0.1) is 0 Å². The van der Waals surface area contributed by atoms with Crippen LogP contribution in [0.15, 0.2) is 48.5 Å². The Morgan fingerprint density at radius 3 is 2.15 bits per heavy atom. The molecule has 0 bridgehead atoms. The standard InChI is InChI=1S/C20H24N2O4S/c23-12-9-16-3-7-19(8-4-16)21-20(24)18-5-1-17(2-6-18)15-22-10-13-27(25,26)14-11-22/h1-8,23H,9-15H2,(H,21,24). The topological polar surface area (TPSA) is 86.7 Å². The highest BCUT2D eigenvalue weighted by Gasteiger charge is 2.21. The zero-order chi connectivity index (χ0) is 19.3. The van der Waals surface area contributed by atoms with Gasteiger partial charge in [-0.15, -0.1) is 0 Å². The van der Waals surface area contributed by atoms with Crippen molar-refractivity contribution in [1.29, 1.82) is 0 Å². The van der Waals surface area contributed by atoms with Crippen LogP contribution >= 0.6 is 0 Å². The number of nitrogens with zero attached hydrogens (tertiary/aromatic N) is 1. The van der Waals surface area contributed by atoms with Gasteiger partial charge < -0.3 is 10.4 Å². The average Bonchev–Trinajstić information content (AvgIpc) is 2.66. The Labute approximate surface area is 159 Å². The molecule has 1 fully saturated rings. The van der Waals surface area contributed by atoms with Crippen molar-refractivity contribution in [3.05, 3.63) is 65.2 Å². The Hall–Kier alpha value is -2.22. The van der Waals surface area contributed by atoms with Crippen LogP contribution in [-0.4, -0.2) is 55.5 Å². The molecule has 144 valence electrons. The molecule has 0 atom stereocenters. The number of anilines is 1. The maximum Gasteiger partial charge on any atom is 0.255 e. The minimum atomic E-state index is -2.87. The van der Waals surface area contributed by atoms with Gasteiger partial charge in [0.2, 0.25) is 0 Å². The molecule has 0 spiro atoms. The smallest absolute Gasteiger partial charge is 0.255 e. The molecule has 2 N–H and O–H groups in total. The average molecular weight is 388 g/mol. The number of amides is 1. The molecule has 1 aliphatic heterocycles. The molecule has 2 aromatic carbocycles. The number of aliphatic hydroxyl groups excluding tert-OH is 1. The second kappa shape index (κ2) is 8.65. The Kier molecular flexibility index (Phi) is 6.26. The van der Waals surface area contributed by atoms with Crippen LogP contribution in [0.4, 0.5) is 5.69 Å². The first-order valence-corrected chi connectivity index (χ1v) is 10.8. The van der Waals surface area contributed by atoms with E-state index in [0.29, 0.717) is 37.3 Å². The zero-order valence-electron chi connectivity index (χ0n) is 15.1. The van der Waals surface area contributed by atoms with Crippen LogP contribution in [0.5, 0.6) is 0 Å². The second-order valence-corrected chi connectivity index (χ2v) is 9.05. The third-order valence-electron chi connectivity index (χ3n) is 4.67. The van der Waals surface area contributed by atoms with Gasteiger partial charge in [-0.2, -0.15) is 0 Å². The normalized spacial score (nSPS) is 16.8. The van der Waals surface area contributed by atoms with Crippen LogP contribution in [0.2, 0.25) is 0 Å². The van der Waals surface area contributed by atoms with Gasteiger partial charge in [0.05, 0.1) is 11.5 Å². The van der Waals surface area contributed by atoms with E-state index in [0.717, 1.165) is 11.1 Å². The summed E-state index contributed by atoms with van der Waals surface area (Å²) in [4.78, 5) is 14.5. The van der Waals surface area contributed by atoms with E-state index in [2.05, 4.69) is 10.2 Å². The van der Waals surface area contributed by atoms with Crippen LogP contribution in [-0.2, 0) is 22.8 Å². The Bertz CT molecular complexity index is 863. The van der Waals surface area contributed by atoms with Gasteiger partial charge in [0.1, 0.15) is 0 Å². The molecule has 1 amide bonds. The first-order valence-electron chi connectivity index (χ1n) is 8.98. The highest BCUT2D eigenvalue weighted by atomic mass is 32.2. The highest BCUT2D eigenvalue weighted by molar-refractivity contribution is 7.91. The summed E-state index contributed by atoms with van der Waals surface area (Å²) in [6.07, 6.45) is 0.596. The van der Waals surface area contributed by atoms with Crippen molar-refractivity contribution in [2.24, 2.45) is 0 Å². The van der Waals surface area contributed by atoms with E-state index >= 15 is 0 Å². The van der Waals surface area contributed by atoms with E-state index in [1.165, 1.54) is 0 Å². The van der Waals surface area contributed by atoms with Gasteiger partial charge in [0.25, 0.3) is 5.91 Å². The number of hydrogen-bond donors (Lipinski definition) is 2. The summed E-state index contributed by atoms with van der Waals surface area (Å²) < 4.78 is 23.0. The number of carbonyl (C=O) groups is 1. The summed E-state index contributed by atoms with van der Waals surface area (Å²) in [5, 5.41) is 11.8. The SMILES string of the molecule is O=C(Nc1ccc(CCO)cc1)c1ccc(CN2CCS(=O)(=O)CC2)cc1. The quantitative estimate of drug-likeness (QED) is 0.787. The number of nitrogens with one attached hydrogen (secondary N) is 1. The molecule has 6 nitrogen and oxygen atoms in total. The first-order chi connectivity index (χ1) is 12.9. The molecular formula is C20H24N2O4S. The predicted octanol–water partition coefficient (Wildman–Crippen LogP) is 1.70. The fourth-order valence-corrected chi connectivity index (χ4v) is 4.29. The third-order valence-corrected chi connectivity index (χ3v) is 6.28. The lowest BCUT2D eigenvalue weighted by Gasteiger charge is -2.26. The van der Waals surface area contributed by atoms with Crippen LogP contribution in [0.3, 0.4) is 0 Å². The summed E-state index contributed by atoms with van der Waals surface area (Å²) in [6.45, 7) is 1.89. The van der Waals surface area contributed by atoms with Gasteiger partial charge in [-0.25, -0.2) is 8.42 Å². The summed E-state index contributed by atoms with van der Waals surface area (Å²) in [6, 6.07) is 14.8. The van der Waals surface area contributed by atoms with Crippen LogP contribution < -0.4 is 5.32 Å². The van der Waals surface area contributed by atoms with Crippen molar-refractivity contribution in [2.45, 2.75) is 13.0 Å². The first kappa shape index (κ1) is 19.5. The third kappa shape index (κ3) is 5.63. The molecule has 3 rings (SSSR count). The number of sulfone groups is 1. The number of aliphatic hydroxyl groups is 1. The van der Waals surface area contributed by atoms with Crippen molar-refractivity contribution in [3.8, 4) is 0 Å². The van der Waals surface area contributed by atoms with E-state index in [-0.39, 0.29) is 24.0 Å². The van der Waals surface area contributed by atoms with Crippen molar-refractivity contribution >= 4 is 21.4 Å². The molecule has 1 saturated heterocycles. The van der Waals surface area contributed by atoms with Gasteiger partial charge in [0.15, 0.2) is 9.84 Å². The largest absolute Gasteiger partial charge is 0.396 e. The molecule has 0 unspecified atom stereocenters. The lowest BCUT2D eigenvalue weighted by atomic mass is 10.1. The molecule has 1 heterocycles. The van der Waals surface area contributed by atoms with Crippen molar-refractivity contribution in [1.82, 2.24) is 4.90 Å². The number of hydrogen-bond acceptors (Lipinski definition) is 5. The Balaban J connectivity index is 1.55. The maximum atomic E-state index is 12.4. The summed E-state index contributed by atoms with van der Waals surface area (Å²) in [5.74, 6) is 0.246. The highest BCUT2D eigenvalue weighted by Crippen LogP contribution is 2.14. The van der Waals surface area contributed by atoms with E-state index in [1.54, 1.807) is 12.1 Å². The monoisotopic (exact) mass is 388 g/mol. The number of carbonyl (C=O) groups excluding carboxylic acids is 1. The van der Waals surface area contributed by atoms with Gasteiger partial charge in [0, 0.05) is 37.5 Å². The van der Waals surface area contributed by atoms with Crippen molar-refractivity contribution in [2.75, 3.05) is 36.5 Å². The van der Waals surface area contributed by atoms with E-state index in [4.69, 9.17) is 5.11 Å². The fourth-order valence-electron chi connectivity index (χ4n) is 3.02. The van der Waals surface area contributed by atoms with E-state index < -0.39 is 9.84 Å². The van der Waals surface area contributed by atoms with Gasteiger partial charge in [-0.05, 0) is 41.8 Å². The maximum absolute atomic E-state index is 12.4. The van der Waals surface area contributed by atoms with Gasteiger partial charge in [-0.1, -0.05) is 24.3 Å². The van der Waals surface area contributed by atoms with Crippen molar-refractivity contribution in [3.63, 3.8) is 0 Å². The molecule has 2 aromatic rings. The molecule has 0 saturated carbocycles. The van der Waals surface area contributed by atoms with Crippen LogP contribution in [0.25, 0.3) is 0 Å². The molecule has 0 radical (unpaired) electrons. The molecule has 0 aromatic heterocycles. The lowest BCUT2D eigenvalue weighted by Crippen LogP contribution is -2.39.